The number of benzene rings is 3. The van der Waals surface area contributed by atoms with E-state index in [4.69, 9.17) is 21.4 Å². The summed E-state index contributed by atoms with van der Waals surface area (Å²) in [5, 5.41) is 8.55. The highest BCUT2D eigenvalue weighted by molar-refractivity contribution is 6.32. The Hall–Kier alpha value is -3.52. The first kappa shape index (κ1) is 21.7. The van der Waals surface area contributed by atoms with E-state index >= 15 is 0 Å². The number of carboxylic acid groups (broad SMARTS) is 1. The molecule has 4 aromatic rings. The Labute approximate surface area is 185 Å². The van der Waals surface area contributed by atoms with Crippen molar-refractivity contribution in [2.75, 3.05) is 0 Å². The number of rotatable bonds is 4. The molecule has 0 saturated carbocycles. The summed E-state index contributed by atoms with van der Waals surface area (Å²) in [7, 11) is 0. The van der Waals surface area contributed by atoms with Crippen LogP contribution in [-0.2, 0) is 12.6 Å². The molecule has 0 fully saturated rings. The summed E-state index contributed by atoms with van der Waals surface area (Å²) in [6.07, 6.45) is -5.50. The van der Waals surface area contributed by atoms with E-state index in [0.29, 0.717) is 34.6 Å². The summed E-state index contributed by atoms with van der Waals surface area (Å²) < 4.78 is 46.3. The van der Waals surface area contributed by atoms with Gasteiger partial charge in [-0.15, -0.1) is 0 Å². The maximum Gasteiger partial charge on any atom is 0.511 e. The number of para-hydroxylation sites is 1. The number of alkyl halides is 3. The first-order valence-corrected chi connectivity index (χ1v) is 9.95. The molecule has 0 saturated heterocycles. The Morgan fingerprint density at radius 2 is 1.81 bits per heavy atom. The van der Waals surface area contributed by atoms with Crippen LogP contribution in [-0.4, -0.2) is 20.8 Å². The summed E-state index contributed by atoms with van der Waals surface area (Å²) in [4.78, 5) is 15.3. The highest BCUT2D eigenvalue weighted by Gasteiger charge is 2.34. The second-order valence-electron chi connectivity index (χ2n) is 6.95. The number of carbonyl (C=O) groups is 1. The quantitative estimate of drug-likeness (QED) is 0.263. The highest BCUT2D eigenvalue weighted by Crippen LogP contribution is 2.38. The van der Waals surface area contributed by atoms with Gasteiger partial charge in [-0.3, -0.25) is 4.57 Å². The second kappa shape index (κ2) is 8.20. The molecule has 1 heterocycles. The van der Waals surface area contributed by atoms with Gasteiger partial charge in [-0.05, 0) is 35.9 Å². The molecule has 5 nitrogen and oxygen atoms in total. The van der Waals surface area contributed by atoms with Gasteiger partial charge >= 0.3 is 12.3 Å². The zero-order valence-electron chi connectivity index (χ0n) is 16.7. The number of hydrogen-bond donors (Lipinski definition) is 1. The summed E-state index contributed by atoms with van der Waals surface area (Å²) >= 11 is 5.94. The minimum absolute atomic E-state index is 0.196. The average Bonchev–Trinajstić information content (AvgIpc) is 3.10. The van der Waals surface area contributed by atoms with E-state index < -0.39 is 22.9 Å². The molecule has 164 valence electrons. The van der Waals surface area contributed by atoms with E-state index in [2.05, 4.69) is 4.98 Å². The summed E-state index contributed by atoms with van der Waals surface area (Å²) in [5.41, 5.74) is 1.71. The van der Waals surface area contributed by atoms with Crippen molar-refractivity contribution < 1.29 is 27.8 Å². The van der Waals surface area contributed by atoms with Gasteiger partial charge in [0.2, 0.25) is 0 Å². The molecule has 0 radical (unpaired) electrons. The molecule has 1 N–H and O–H groups in total. The number of ether oxygens (including phenoxy) is 1. The molecule has 0 amide bonds. The van der Waals surface area contributed by atoms with Crippen molar-refractivity contribution in [3.63, 3.8) is 0 Å². The fourth-order valence-electron chi connectivity index (χ4n) is 3.57. The maximum absolute atomic E-state index is 13.2. The molecule has 3 aromatic carbocycles. The molecule has 0 aliphatic carbocycles. The van der Waals surface area contributed by atoms with Gasteiger partial charge in [-0.2, -0.15) is 13.2 Å². The Kier molecular flexibility index (Phi) is 5.56. The molecule has 0 spiro atoms. The van der Waals surface area contributed by atoms with Crippen molar-refractivity contribution in [2.24, 2.45) is 0 Å². The van der Waals surface area contributed by atoms with Crippen LogP contribution in [0.2, 0.25) is 5.02 Å². The van der Waals surface area contributed by atoms with Crippen molar-refractivity contribution in [1.29, 1.82) is 0 Å². The molecular formula is C23H16ClF3N2O3. The molecule has 4 rings (SSSR count). The predicted molar refractivity (Wildman–Crippen MR) is 115 cm³/mol. The van der Waals surface area contributed by atoms with Gasteiger partial charge < -0.3 is 9.84 Å². The second-order valence-corrected chi connectivity index (χ2v) is 7.35. The normalized spacial score (nSPS) is 11.7. The Morgan fingerprint density at radius 1 is 1.12 bits per heavy atom. The third kappa shape index (κ3) is 4.01. The zero-order chi connectivity index (χ0) is 23.0. The summed E-state index contributed by atoms with van der Waals surface area (Å²) in [6.45, 7) is 1.86. The molecule has 32 heavy (non-hydrogen) atoms. The maximum atomic E-state index is 13.2. The topological polar surface area (TPSA) is 64.4 Å². The van der Waals surface area contributed by atoms with Gasteiger partial charge in [-0.1, -0.05) is 48.9 Å². The highest BCUT2D eigenvalue weighted by atomic mass is 35.5. The Morgan fingerprint density at radius 3 is 2.44 bits per heavy atom. The number of halogens is 4. The van der Waals surface area contributed by atoms with Crippen molar-refractivity contribution in [3.05, 3.63) is 77.1 Å². The number of hydrogen-bond acceptors (Lipinski definition) is 3. The standard InChI is InChI=1S/C23H16ClF3N2O3/c1-2-21-28-18-11-16(23(25,26)27)17(24)12-19(18)29(21)14-9-7-13(8-10-14)15-5-3-4-6-20(15)32-22(30)31/h3-12H,2H2,1H3,(H,30,31). The van der Waals surface area contributed by atoms with E-state index in [1.807, 2.05) is 6.92 Å². The largest absolute Gasteiger partial charge is 0.511 e. The smallest absolute Gasteiger partial charge is 0.449 e. The van der Waals surface area contributed by atoms with E-state index in [1.165, 1.54) is 6.07 Å². The van der Waals surface area contributed by atoms with Gasteiger partial charge in [0.1, 0.15) is 11.6 Å². The van der Waals surface area contributed by atoms with Gasteiger partial charge in [0.25, 0.3) is 0 Å². The van der Waals surface area contributed by atoms with E-state index in [9.17, 15) is 18.0 Å². The first-order chi connectivity index (χ1) is 15.2. The lowest BCUT2D eigenvalue weighted by Crippen LogP contribution is -2.06. The lowest BCUT2D eigenvalue weighted by Gasteiger charge is -2.12. The molecule has 9 heteroatoms. The molecule has 0 bridgehead atoms. The van der Waals surface area contributed by atoms with Crippen molar-refractivity contribution in [3.8, 4) is 22.6 Å². The predicted octanol–water partition coefficient (Wildman–Crippen LogP) is 6.98. The van der Waals surface area contributed by atoms with Crippen LogP contribution in [0.4, 0.5) is 18.0 Å². The number of aryl methyl sites for hydroxylation is 1. The van der Waals surface area contributed by atoms with Crippen LogP contribution in [0, 0.1) is 0 Å². The molecule has 0 unspecified atom stereocenters. The summed E-state index contributed by atoms with van der Waals surface area (Å²) in [6, 6.07) is 16.0. The monoisotopic (exact) mass is 460 g/mol. The van der Waals surface area contributed by atoms with Crippen LogP contribution in [0.5, 0.6) is 5.75 Å². The SMILES string of the molecule is CCc1nc2cc(C(F)(F)F)c(Cl)cc2n1-c1ccc(-c2ccccc2OC(=O)O)cc1. The summed E-state index contributed by atoms with van der Waals surface area (Å²) in [5.74, 6) is 0.777. The Balaban J connectivity index is 1.81. The fraction of sp³-hybridized carbons (Fsp3) is 0.130. The van der Waals surface area contributed by atoms with Gasteiger partial charge in [-0.25, -0.2) is 9.78 Å². The van der Waals surface area contributed by atoms with Crippen LogP contribution in [0.3, 0.4) is 0 Å². The minimum atomic E-state index is -4.57. The fourth-order valence-corrected chi connectivity index (χ4v) is 3.83. The van der Waals surface area contributed by atoms with Crippen LogP contribution in [0.25, 0.3) is 27.8 Å². The number of aromatic nitrogens is 2. The van der Waals surface area contributed by atoms with Gasteiger partial charge in [0, 0.05) is 17.7 Å². The van der Waals surface area contributed by atoms with Crippen LogP contribution in [0.1, 0.15) is 18.3 Å². The third-order valence-electron chi connectivity index (χ3n) is 4.96. The number of fused-ring (bicyclic) bond motifs is 1. The van der Waals surface area contributed by atoms with E-state index in [0.717, 1.165) is 6.07 Å². The molecule has 1 aromatic heterocycles. The molecule has 0 aliphatic heterocycles. The van der Waals surface area contributed by atoms with Crippen LogP contribution < -0.4 is 4.74 Å². The number of imidazole rings is 1. The van der Waals surface area contributed by atoms with Gasteiger partial charge in [0.15, 0.2) is 0 Å². The Bertz CT molecular complexity index is 1310. The third-order valence-corrected chi connectivity index (χ3v) is 5.27. The molecular weight excluding hydrogens is 445 g/mol. The molecule has 0 atom stereocenters. The lowest BCUT2D eigenvalue weighted by atomic mass is 10.0. The molecule has 0 aliphatic rings. The average molecular weight is 461 g/mol. The van der Waals surface area contributed by atoms with Crippen molar-refractivity contribution in [2.45, 2.75) is 19.5 Å². The zero-order valence-corrected chi connectivity index (χ0v) is 17.4. The minimum Gasteiger partial charge on any atom is -0.449 e. The van der Waals surface area contributed by atoms with Crippen molar-refractivity contribution in [1.82, 2.24) is 9.55 Å². The van der Waals surface area contributed by atoms with Crippen LogP contribution >= 0.6 is 11.6 Å². The van der Waals surface area contributed by atoms with E-state index in [1.54, 1.807) is 53.1 Å². The van der Waals surface area contributed by atoms with Crippen LogP contribution in [0.15, 0.2) is 60.7 Å². The van der Waals surface area contributed by atoms with Gasteiger partial charge in [0.05, 0.1) is 21.6 Å². The van der Waals surface area contributed by atoms with Crippen molar-refractivity contribution >= 4 is 28.8 Å². The first-order valence-electron chi connectivity index (χ1n) is 9.57. The lowest BCUT2D eigenvalue weighted by molar-refractivity contribution is -0.137. The number of nitrogens with zero attached hydrogens (tertiary/aromatic N) is 2. The van der Waals surface area contributed by atoms with E-state index in [-0.39, 0.29) is 11.3 Å².